The fraction of sp³-hybridized carbons (Fsp3) is 0.667. The average molecular weight is 112 g/mol. The highest BCUT2D eigenvalue weighted by molar-refractivity contribution is 5.04. The van der Waals surface area contributed by atoms with Crippen molar-refractivity contribution in [2.24, 2.45) is 17.4 Å². The smallest absolute Gasteiger partial charge is 0.0229 e. The lowest BCUT2D eigenvalue weighted by Gasteiger charge is -2.02. The predicted molar refractivity (Wildman–Crippen MR) is 34.3 cm³/mol. The second-order valence-corrected chi connectivity index (χ2v) is 2.28. The molecule has 46 valence electrons. The normalized spacial score (nSPS) is 36.2. The molecule has 0 bridgehead atoms. The zero-order valence-electron chi connectivity index (χ0n) is 4.88. The second kappa shape index (κ2) is 2.29. The van der Waals surface area contributed by atoms with Crippen molar-refractivity contribution in [1.82, 2.24) is 0 Å². The maximum Gasteiger partial charge on any atom is 0.0229 e. The highest BCUT2D eigenvalue weighted by Crippen LogP contribution is 2.13. The lowest BCUT2D eigenvalue weighted by Crippen LogP contribution is -2.18. The molecule has 2 heteroatoms. The summed E-state index contributed by atoms with van der Waals surface area (Å²) in [6.45, 7) is 0.740. The molecule has 2 nitrogen and oxygen atoms in total. The minimum Gasteiger partial charge on any atom is -0.330 e. The molecular formula is C6H12N2. The van der Waals surface area contributed by atoms with Crippen LogP contribution in [0.5, 0.6) is 0 Å². The molecule has 0 radical (unpaired) electrons. The van der Waals surface area contributed by atoms with Crippen molar-refractivity contribution in [2.45, 2.75) is 12.5 Å². The first-order valence-corrected chi connectivity index (χ1v) is 2.97. The van der Waals surface area contributed by atoms with E-state index in [0.29, 0.717) is 5.92 Å². The lowest BCUT2D eigenvalue weighted by molar-refractivity contribution is 0.601. The largest absolute Gasteiger partial charge is 0.330 e. The predicted octanol–water partition coefficient (Wildman–Crippen LogP) is -0.152. The van der Waals surface area contributed by atoms with Crippen molar-refractivity contribution in [2.75, 3.05) is 6.54 Å². The Balaban J connectivity index is 2.34. The van der Waals surface area contributed by atoms with Gasteiger partial charge in [0.2, 0.25) is 0 Å². The fourth-order valence-corrected chi connectivity index (χ4v) is 0.981. The van der Waals surface area contributed by atoms with E-state index < -0.39 is 0 Å². The molecule has 8 heavy (non-hydrogen) atoms. The first-order chi connectivity index (χ1) is 3.83. The molecule has 2 atom stereocenters. The molecule has 4 N–H and O–H groups in total. The SMILES string of the molecule is NCC1C=CC(N)C1. The van der Waals surface area contributed by atoms with Crippen LogP contribution in [-0.4, -0.2) is 12.6 Å². The van der Waals surface area contributed by atoms with Crippen molar-refractivity contribution >= 4 is 0 Å². The summed E-state index contributed by atoms with van der Waals surface area (Å²) in [6, 6.07) is 0.267. The molecule has 1 rings (SSSR count). The van der Waals surface area contributed by atoms with E-state index in [2.05, 4.69) is 6.08 Å². The van der Waals surface area contributed by atoms with Crippen LogP contribution in [0.15, 0.2) is 12.2 Å². The number of hydrogen-bond acceptors (Lipinski definition) is 2. The van der Waals surface area contributed by atoms with Crippen LogP contribution < -0.4 is 11.5 Å². The van der Waals surface area contributed by atoms with Gasteiger partial charge in [-0.2, -0.15) is 0 Å². The van der Waals surface area contributed by atoms with Gasteiger partial charge in [0, 0.05) is 6.04 Å². The number of rotatable bonds is 1. The van der Waals surface area contributed by atoms with E-state index in [9.17, 15) is 0 Å². The molecule has 1 aliphatic rings. The van der Waals surface area contributed by atoms with Gasteiger partial charge in [-0.15, -0.1) is 0 Å². The van der Waals surface area contributed by atoms with Crippen LogP contribution in [0.4, 0.5) is 0 Å². The van der Waals surface area contributed by atoms with Crippen molar-refractivity contribution in [3.8, 4) is 0 Å². The summed E-state index contributed by atoms with van der Waals surface area (Å²) in [5.41, 5.74) is 10.9. The van der Waals surface area contributed by atoms with Crippen molar-refractivity contribution in [1.29, 1.82) is 0 Å². The van der Waals surface area contributed by atoms with Crippen molar-refractivity contribution in [3.63, 3.8) is 0 Å². The quantitative estimate of drug-likeness (QED) is 0.463. The third kappa shape index (κ3) is 1.08. The molecule has 0 heterocycles. The fourth-order valence-electron chi connectivity index (χ4n) is 0.981. The van der Waals surface area contributed by atoms with Crippen LogP contribution in [-0.2, 0) is 0 Å². The van der Waals surface area contributed by atoms with E-state index >= 15 is 0 Å². The molecule has 0 amide bonds. The van der Waals surface area contributed by atoms with Crippen LogP contribution in [0.1, 0.15) is 6.42 Å². The summed E-state index contributed by atoms with van der Waals surface area (Å²) in [6.07, 6.45) is 5.17. The molecule has 0 aromatic carbocycles. The van der Waals surface area contributed by atoms with Gasteiger partial charge in [0.25, 0.3) is 0 Å². The first kappa shape index (κ1) is 5.79. The van der Waals surface area contributed by atoms with E-state index in [1.54, 1.807) is 0 Å². The maximum atomic E-state index is 5.56. The molecule has 0 aliphatic heterocycles. The minimum absolute atomic E-state index is 0.267. The monoisotopic (exact) mass is 112 g/mol. The summed E-state index contributed by atoms with van der Waals surface area (Å²) < 4.78 is 0. The van der Waals surface area contributed by atoms with Crippen LogP contribution in [0.3, 0.4) is 0 Å². The molecule has 0 fully saturated rings. The highest BCUT2D eigenvalue weighted by Gasteiger charge is 2.12. The van der Waals surface area contributed by atoms with E-state index in [0.717, 1.165) is 13.0 Å². The van der Waals surface area contributed by atoms with E-state index in [1.165, 1.54) is 0 Å². The zero-order chi connectivity index (χ0) is 5.98. The van der Waals surface area contributed by atoms with E-state index in [-0.39, 0.29) is 6.04 Å². The summed E-state index contributed by atoms with van der Waals surface area (Å²) in [4.78, 5) is 0. The van der Waals surface area contributed by atoms with Gasteiger partial charge >= 0.3 is 0 Å². The van der Waals surface area contributed by atoms with Crippen LogP contribution in [0, 0.1) is 5.92 Å². The molecule has 0 saturated carbocycles. The Hall–Kier alpha value is -0.340. The van der Waals surface area contributed by atoms with Crippen LogP contribution >= 0.6 is 0 Å². The number of nitrogens with two attached hydrogens (primary N) is 2. The molecule has 0 saturated heterocycles. The third-order valence-corrected chi connectivity index (χ3v) is 1.51. The van der Waals surface area contributed by atoms with Gasteiger partial charge in [0.15, 0.2) is 0 Å². The lowest BCUT2D eigenvalue weighted by atomic mass is 10.1. The van der Waals surface area contributed by atoms with E-state index in [1.807, 2.05) is 6.08 Å². The third-order valence-electron chi connectivity index (χ3n) is 1.51. The first-order valence-electron chi connectivity index (χ1n) is 2.97. The molecule has 0 aromatic heterocycles. The van der Waals surface area contributed by atoms with Gasteiger partial charge in [-0.25, -0.2) is 0 Å². The van der Waals surface area contributed by atoms with Gasteiger partial charge in [-0.05, 0) is 18.9 Å². The molecule has 0 spiro atoms. The average Bonchev–Trinajstić information content (AvgIpc) is 2.14. The van der Waals surface area contributed by atoms with Crippen LogP contribution in [0.25, 0.3) is 0 Å². The minimum atomic E-state index is 0.267. The Kier molecular flexibility index (Phi) is 1.65. The summed E-state index contributed by atoms with van der Waals surface area (Å²) in [5, 5.41) is 0. The molecule has 2 unspecified atom stereocenters. The summed E-state index contributed by atoms with van der Waals surface area (Å²) >= 11 is 0. The van der Waals surface area contributed by atoms with Gasteiger partial charge in [0.1, 0.15) is 0 Å². The Morgan fingerprint density at radius 1 is 1.50 bits per heavy atom. The summed E-state index contributed by atoms with van der Waals surface area (Å²) in [5.74, 6) is 0.546. The Bertz CT molecular complexity index is 98.7. The van der Waals surface area contributed by atoms with Crippen molar-refractivity contribution in [3.05, 3.63) is 12.2 Å². The topological polar surface area (TPSA) is 52.0 Å². The molecule has 0 aromatic rings. The summed E-state index contributed by atoms with van der Waals surface area (Å²) in [7, 11) is 0. The van der Waals surface area contributed by atoms with Crippen molar-refractivity contribution < 1.29 is 0 Å². The second-order valence-electron chi connectivity index (χ2n) is 2.28. The number of hydrogen-bond donors (Lipinski definition) is 2. The van der Waals surface area contributed by atoms with Gasteiger partial charge < -0.3 is 11.5 Å². The molecule has 1 aliphatic carbocycles. The van der Waals surface area contributed by atoms with Crippen LogP contribution in [0.2, 0.25) is 0 Å². The Labute approximate surface area is 49.5 Å². The maximum absolute atomic E-state index is 5.56. The zero-order valence-corrected chi connectivity index (χ0v) is 4.88. The molecular weight excluding hydrogens is 100 g/mol. The van der Waals surface area contributed by atoms with E-state index in [4.69, 9.17) is 11.5 Å². The standard InChI is InChI=1S/C6H12N2/c7-4-5-1-2-6(8)3-5/h1-2,5-6H,3-4,7-8H2. The Morgan fingerprint density at radius 3 is 2.50 bits per heavy atom. The van der Waals surface area contributed by atoms with Gasteiger partial charge in [0.05, 0.1) is 0 Å². The highest BCUT2D eigenvalue weighted by atomic mass is 14.6. The van der Waals surface area contributed by atoms with Gasteiger partial charge in [-0.3, -0.25) is 0 Å². The van der Waals surface area contributed by atoms with Gasteiger partial charge in [-0.1, -0.05) is 12.2 Å². The Morgan fingerprint density at radius 2 is 2.25 bits per heavy atom.